The number of aliphatic hydroxyl groups excluding tert-OH is 1. The fourth-order valence-corrected chi connectivity index (χ4v) is 2.07. The largest absolute Gasteiger partial charge is 0.396 e. The van der Waals surface area contributed by atoms with Gasteiger partial charge in [0.2, 0.25) is 0 Å². The first-order valence-corrected chi connectivity index (χ1v) is 6.03. The van der Waals surface area contributed by atoms with Crippen LogP contribution < -0.4 is 0 Å². The molecule has 1 aromatic carbocycles. The van der Waals surface area contributed by atoms with Crippen molar-refractivity contribution in [3.63, 3.8) is 0 Å². The minimum absolute atomic E-state index is 0.0269. The average Bonchev–Trinajstić information content (AvgIpc) is 2.76. The number of aromatic nitrogens is 2. The molecule has 2 rings (SSSR count). The predicted molar refractivity (Wildman–Crippen MR) is 67.8 cm³/mol. The molecule has 0 amide bonds. The maximum atomic E-state index is 13.1. The number of benzene rings is 1. The van der Waals surface area contributed by atoms with Gasteiger partial charge in [-0.15, -0.1) is 0 Å². The minimum Gasteiger partial charge on any atom is -0.396 e. The van der Waals surface area contributed by atoms with Crippen molar-refractivity contribution in [2.24, 2.45) is 7.05 Å². The molecule has 96 valence electrons. The minimum atomic E-state index is -0.257. The zero-order valence-electron chi connectivity index (χ0n) is 10.4. The summed E-state index contributed by atoms with van der Waals surface area (Å²) in [5, 5.41) is 13.5. The second kappa shape index (κ2) is 5.78. The van der Waals surface area contributed by atoms with Crippen LogP contribution in [0.1, 0.15) is 23.5 Å². The predicted octanol–water partition coefficient (Wildman–Crippen LogP) is 2.27. The van der Waals surface area contributed by atoms with Crippen molar-refractivity contribution < 1.29 is 9.50 Å². The highest BCUT2D eigenvalue weighted by molar-refractivity contribution is 5.21. The van der Waals surface area contributed by atoms with E-state index < -0.39 is 0 Å². The van der Waals surface area contributed by atoms with Crippen molar-refractivity contribution >= 4 is 0 Å². The molecule has 1 atom stereocenters. The molecule has 0 aliphatic carbocycles. The zero-order valence-corrected chi connectivity index (χ0v) is 10.4. The molecule has 1 aromatic heterocycles. The van der Waals surface area contributed by atoms with Gasteiger partial charge in [0.05, 0.1) is 6.20 Å². The number of halogens is 1. The van der Waals surface area contributed by atoms with Gasteiger partial charge in [0.25, 0.3) is 0 Å². The maximum absolute atomic E-state index is 13.1. The normalized spacial score (nSPS) is 12.6. The van der Waals surface area contributed by atoms with Gasteiger partial charge in [0.1, 0.15) is 5.82 Å². The van der Waals surface area contributed by atoms with E-state index in [-0.39, 0.29) is 18.3 Å². The second-order valence-corrected chi connectivity index (χ2v) is 4.50. The number of aliphatic hydroxyl groups is 1. The third kappa shape index (κ3) is 3.17. The summed E-state index contributed by atoms with van der Waals surface area (Å²) in [7, 11) is 1.87. The molecule has 1 heterocycles. The van der Waals surface area contributed by atoms with E-state index in [1.54, 1.807) is 10.7 Å². The third-order valence-corrected chi connectivity index (χ3v) is 3.08. The summed E-state index contributed by atoms with van der Waals surface area (Å²) in [6.45, 7) is 0.0315. The molecule has 0 saturated heterocycles. The van der Waals surface area contributed by atoms with E-state index >= 15 is 0 Å². The summed E-state index contributed by atoms with van der Waals surface area (Å²) >= 11 is 0. The topological polar surface area (TPSA) is 38.0 Å². The zero-order chi connectivity index (χ0) is 13.0. The Morgan fingerprint density at radius 1 is 1.44 bits per heavy atom. The summed E-state index contributed by atoms with van der Waals surface area (Å²) in [5.74, 6) is -0.284. The summed E-state index contributed by atoms with van der Waals surface area (Å²) < 4.78 is 14.9. The van der Waals surface area contributed by atoms with Crippen molar-refractivity contribution in [3.8, 4) is 0 Å². The van der Waals surface area contributed by atoms with Crippen molar-refractivity contribution in [2.75, 3.05) is 6.61 Å². The Hall–Kier alpha value is -1.68. The van der Waals surface area contributed by atoms with Crippen LogP contribution in [0, 0.1) is 5.82 Å². The molecule has 4 heteroatoms. The van der Waals surface area contributed by atoms with Crippen molar-refractivity contribution in [1.29, 1.82) is 0 Å². The van der Waals surface area contributed by atoms with Crippen LogP contribution >= 0.6 is 0 Å². The summed E-state index contributed by atoms with van der Waals surface area (Å²) in [6.07, 6.45) is 5.39. The van der Waals surface area contributed by atoms with Crippen LogP contribution in [0.4, 0.5) is 4.39 Å². The van der Waals surface area contributed by atoms with E-state index in [1.807, 2.05) is 25.5 Å². The van der Waals surface area contributed by atoms with E-state index in [0.717, 1.165) is 24.0 Å². The molecule has 1 N–H and O–H groups in total. The van der Waals surface area contributed by atoms with E-state index in [0.29, 0.717) is 0 Å². The highest BCUT2D eigenvalue weighted by Gasteiger charge is 2.11. The summed E-state index contributed by atoms with van der Waals surface area (Å²) in [5.41, 5.74) is 1.98. The maximum Gasteiger partial charge on any atom is 0.123 e. The lowest BCUT2D eigenvalue weighted by molar-refractivity contribution is 0.259. The first kappa shape index (κ1) is 12.8. The smallest absolute Gasteiger partial charge is 0.123 e. The summed E-state index contributed by atoms with van der Waals surface area (Å²) in [6, 6.07) is 6.44. The average molecular weight is 248 g/mol. The summed E-state index contributed by atoms with van der Waals surface area (Å²) in [4.78, 5) is 0. The number of hydrogen-bond donors (Lipinski definition) is 1. The van der Waals surface area contributed by atoms with Crippen LogP contribution in [0.25, 0.3) is 0 Å². The molecule has 1 unspecified atom stereocenters. The van der Waals surface area contributed by atoms with Crippen molar-refractivity contribution in [3.05, 3.63) is 53.6 Å². The van der Waals surface area contributed by atoms with E-state index in [4.69, 9.17) is 0 Å². The van der Waals surface area contributed by atoms with Crippen LogP contribution in [0.15, 0.2) is 36.7 Å². The molecule has 0 radical (unpaired) electrons. The van der Waals surface area contributed by atoms with Gasteiger partial charge in [0.15, 0.2) is 0 Å². The molecule has 2 aromatic rings. The molecule has 0 spiro atoms. The Labute approximate surface area is 106 Å². The van der Waals surface area contributed by atoms with Gasteiger partial charge in [0, 0.05) is 25.8 Å². The Kier molecular flexibility index (Phi) is 4.10. The fourth-order valence-electron chi connectivity index (χ4n) is 2.07. The standard InChI is InChI=1S/C14H17FN2O/c1-17-9-11(8-16-17)5-6-13(10-18)12-3-2-4-14(15)7-12/h2-4,7-9,13,18H,5-6,10H2,1H3. The number of hydrogen-bond acceptors (Lipinski definition) is 2. The number of nitrogens with zero attached hydrogens (tertiary/aromatic N) is 2. The third-order valence-electron chi connectivity index (χ3n) is 3.08. The SMILES string of the molecule is Cn1cc(CCC(CO)c2cccc(F)c2)cn1. The highest BCUT2D eigenvalue weighted by Crippen LogP contribution is 2.21. The lowest BCUT2D eigenvalue weighted by atomic mass is 9.94. The number of aryl methyl sites for hydroxylation is 2. The molecule has 0 fully saturated rings. The molecular formula is C14H17FN2O. The van der Waals surface area contributed by atoms with Crippen LogP contribution in [-0.2, 0) is 13.5 Å². The van der Waals surface area contributed by atoms with Crippen molar-refractivity contribution in [2.45, 2.75) is 18.8 Å². The fraction of sp³-hybridized carbons (Fsp3) is 0.357. The monoisotopic (exact) mass is 248 g/mol. The second-order valence-electron chi connectivity index (χ2n) is 4.50. The highest BCUT2D eigenvalue weighted by atomic mass is 19.1. The van der Waals surface area contributed by atoms with Crippen LogP contribution in [0.5, 0.6) is 0 Å². The van der Waals surface area contributed by atoms with Gasteiger partial charge in [-0.1, -0.05) is 12.1 Å². The van der Waals surface area contributed by atoms with E-state index in [2.05, 4.69) is 5.10 Å². The van der Waals surface area contributed by atoms with Gasteiger partial charge in [-0.2, -0.15) is 5.10 Å². The Balaban J connectivity index is 2.01. The quantitative estimate of drug-likeness (QED) is 0.881. The Bertz CT molecular complexity index is 510. The molecule has 18 heavy (non-hydrogen) atoms. The first-order chi connectivity index (χ1) is 8.69. The van der Waals surface area contributed by atoms with Crippen LogP contribution in [0.2, 0.25) is 0 Å². The van der Waals surface area contributed by atoms with Gasteiger partial charge >= 0.3 is 0 Å². The lowest BCUT2D eigenvalue weighted by Crippen LogP contribution is -2.06. The first-order valence-electron chi connectivity index (χ1n) is 6.03. The van der Waals surface area contributed by atoms with Crippen LogP contribution in [-0.4, -0.2) is 21.5 Å². The van der Waals surface area contributed by atoms with Gasteiger partial charge in [-0.3, -0.25) is 4.68 Å². The van der Waals surface area contributed by atoms with Crippen LogP contribution in [0.3, 0.4) is 0 Å². The molecule has 0 bridgehead atoms. The Morgan fingerprint density at radius 3 is 2.89 bits per heavy atom. The van der Waals surface area contributed by atoms with Crippen molar-refractivity contribution in [1.82, 2.24) is 9.78 Å². The molecule has 3 nitrogen and oxygen atoms in total. The van der Waals surface area contributed by atoms with E-state index in [1.165, 1.54) is 12.1 Å². The molecule has 0 saturated carbocycles. The number of rotatable bonds is 5. The lowest BCUT2D eigenvalue weighted by Gasteiger charge is -2.14. The van der Waals surface area contributed by atoms with E-state index in [9.17, 15) is 9.50 Å². The van der Waals surface area contributed by atoms with Gasteiger partial charge < -0.3 is 5.11 Å². The van der Waals surface area contributed by atoms with Gasteiger partial charge in [-0.25, -0.2) is 4.39 Å². The van der Waals surface area contributed by atoms with Gasteiger partial charge in [-0.05, 0) is 36.1 Å². The molecular weight excluding hydrogens is 231 g/mol. The molecule has 0 aliphatic rings. The molecule has 0 aliphatic heterocycles. The Morgan fingerprint density at radius 2 is 2.28 bits per heavy atom.